The van der Waals surface area contributed by atoms with E-state index in [2.05, 4.69) is 18.1 Å². The molecule has 0 saturated carbocycles. The summed E-state index contributed by atoms with van der Waals surface area (Å²) in [5.74, 6) is 5.70. The molecule has 1 aliphatic carbocycles. The maximum atomic E-state index is 5.70. The lowest BCUT2D eigenvalue weighted by Gasteiger charge is -2.14. The Hall–Kier alpha value is -0.640. The monoisotopic (exact) mass is 264 g/mol. The molecule has 0 aliphatic heterocycles. The van der Waals surface area contributed by atoms with Crippen molar-refractivity contribution in [1.82, 2.24) is 5.43 Å². The molecule has 2 nitrogen and oxygen atoms in total. The Bertz CT molecular complexity index is 362. The molecule has 1 atom stereocenters. The minimum Gasteiger partial charge on any atom is -0.271 e. The van der Waals surface area contributed by atoms with E-state index in [0.29, 0.717) is 6.04 Å². The molecule has 100 valence electrons. The number of hydrogen-bond acceptors (Lipinski definition) is 3. The SMILES string of the molecule is C=CCCCCCC(NN)c1cc2c(s1)CCC2. The van der Waals surface area contributed by atoms with Crippen LogP contribution in [0.4, 0.5) is 0 Å². The van der Waals surface area contributed by atoms with Crippen LogP contribution in [0, 0.1) is 0 Å². The molecule has 3 heteroatoms. The summed E-state index contributed by atoms with van der Waals surface area (Å²) in [6.45, 7) is 3.75. The highest BCUT2D eigenvalue weighted by molar-refractivity contribution is 7.12. The number of thiophene rings is 1. The molecule has 1 aliphatic rings. The van der Waals surface area contributed by atoms with E-state index in [-0.39, 0.29) is 0 Å². The highest BCUT2D eigenvalue weighted by Gasteiger charge is 2.19. The first-order valence-corrected chi connectivity index (χ1v) is 7.85. The van der Waals surface area contributed by atoms with Crippen LogP contribution in [-0.2, 0) is 12.8 Å². The van der Waals surface area contributed by atoms with Crippen LogP contribution in [0.3, 0.4) is 0 Å². The smallest absolute Gasteiger partial charge is 0.0553 e. The van der Waals surface area contributed by atoms with Crippen LogP contribution in [0.1, 0.15) is 59.9 Å². The van der Waals surface area contributed by atoms with E-state index < -0.39 is 0 Å². The summed E-state index contributed by atoms with van der Waals surface area (Å²) >= 11 is 1.96. The van der Waals surface area contributed by atoms with Gasteiger partial charge in [-0.2, -0.15) is 0 Å². The average molecular weight is 264 g/mol. The fourth-order valence-corrected chi connectivity index (χ4v) is 4.00. The third-order valence-electron chi connectivity index (χ3n) is 3.71. The van der Waals surface area contributed by atoms with Gasteiger partial charge in [-0.15, -0.1) is 17.9 Å². The summed E-state index contributed by atoms with van der Waals surface area (Å²) < 4.78 is 0. The minimum atomic E-state index is 0.351. The third kappa shape index (κ3) is 3.44. The van der Waals surface area contributed by atoms with Gasteiger partial charge in [0.25, 0.3) is 0 Å². The Balaban J connectivity index is 1.82. The summed E-state index contributed by atoms with van der Waals surface area (Å²) in [5.41, 5.74) is 4.56. The van der Waals surface area contributed by atoms with Gasteiger partial charge in [-0.05, 0) is 50.2 Å². The zero-order valence-corrected chi connectivity index (χ0v) is 11.9. The molecule has 3 N–H and O–H groups in total. The van der Waals surface area contributed by atoms with Crippen LogP contribution in [0.25, 0.3) is 0 Å². The predicted molar refractivity (Wildman–Crippen MR) is 79.7 cm³/mol. The van der Waals surface area contributed by atoms with E-state index in [1.54, 1.807) is 10.4 Å². The summed E-state index contributed by atoms with van der Waals surface area (Å²) in [7, 11) is 0. The Morgan fingerprint density at radius 1 is 1.39 bits per heavy atom. The molecular weight excluding hydrogens is 240 g/mol. The first-order valence-electron chi connectivity index (χ1n) is 7.03. The lowest BCUT2D eigenvalue weighted by atomic mass is 10.1. The number of unbranched alkanes of at least 4 members (excludes halogenated alkanes) is 3. The lowest BCUT2D eigenvalue weighted by Crippen LogP contribution is -2.27. The van der Waals surface area contributed by atoms with Gasteiger partial charge in [0, 0.05) is 9.75 Å². The first-order chi connectivity index (χ1) is 8.85. The van der Waals surface area contributed by atoms with Gasteiger partial charge in [0.1, 0.15) is 0 Å². The maximum absolute atomic E-state index is 5.70. The number of nitrogens with two attached hydrogens (primary N) is 1. The Labute approximate surface area is 114 Å². The molecule has 1 aromatic rings. The third-order valence-corrected chi connectivity index (χ3v) is 5.06. The molecule has 2 rings (SSSR count). The number of rotatable bonds is 8. The molecule has 0 aromatic carbocycles. The van der Waals surface area contributed by atoms with E-state index >= 15 is 0 Å². The molecule has 0 spiro atoms. The number of fused-ring (bicyclic) bond motifs is 1. The summed E-state index contributed by atoms with van der Waals surface area (Å²) in [6, 6.07) is 2.73. The normalized spacial score (nSPS) is 15.6. The van der Waals surface area contributed by atoms with Crippen LogP contribution >= 0.6 is 11.3 Å². The molecule has 1 unspecified atom stereocenters. The van der Waals surface area contributed by atoms with Gasteiger partial charge in [0.2, 0.25) is 0 Å². The number of aryl methyl sites for hydroxylation is 2. The van der Waals surface area contributed by atoms with E-state index in [9.17, 15) is 0 Å². The zero-order chi connectivity index (χ0) is 12.8. The molecular formula is C15H24N2S. The molecule has 1 heterocycles. The van der Waals surface area contributed by atoms with E-state index in [4.69, 9.17) is 5.84 Å². The fraction of sp³-hybridized carbons (Fsp3) is 0.600. The van der Waals surface area contributed by atoms with Crippen molar-refractivity contribution in [2.45, 2.75) is 57.4 Å². The van der Waals surface area contributed by atoms with Gasteiger partial charge in [-0.1, -0.05) is 18.9 Å². The second-order valence-corrected chi connectivity index (χ2v) is 6.27. The average Bonchev–Trinajstić information content (AvgIpc) is 2.94. The van der Waals surface area contributed by atoms with Crippen LogP contribution in [-0.4, -0.2) is 0 Å². The molecule has 0 bridgehead atoms. The lowest BCUT2D eigenvalue weighted by molar-refractivity contribution is 0.490. The van der Waals surface area contributed by atoms with Crippen LogP contribution in [0.5, 0.6) is 0 Å². The van der Waals surface area contributed by atoms with Gasteiger partial charge in [0.05, 0.1) is 6.04 Å². The predicted octanol–water partition coefficient (Wildman–Crippen LogP) is 3.88. The Morgan fingerprint density at radius 2 is 2.28 bits per heavy atom. The van der Waals surface area contributed by atoms with Crippen molar-refractivity contribution in [2.75, 3.05) is 0 Å². The van der Waals surface area contributed by atoms with Crippen LogP contribution in [0.15, 0.2) is 18.7 Å². The first kappa shape index (κ1) is 13.8. The summed E-state index contributed by atoms with van der Waals surface area (Å²) in [4.78, 5) is 3.03. The van der Waals surface area contributed by atoms with Crippen molar-refractivity contribution in [3.63, 3.8) is 0 Å². The molecule has 0 saturated heterocycles. The van der Waals surface area contributed by atoms with Crippen molar-refractivity contribution >= 4 is 11.3 Å². The van der Waals surface area contributed by atoms with Crippen molar-refractivity contribution in [3.8, 4) is 0 Å². The second-order valence-electron chi connectivity index (χ2n) is 5.10. The quantitative estimate of drug-likeness (QED) is 0.324. The molecule has 1 aromatic heterocycles. The molecule has 0 radical (unpaired) electrons. The Kier molecular flexibility index (Phi) is 5.42. The number of hydrazine groups is 1. The van der Waals surface area contributed by atoms with Gasteiger partial charge in [-0.3, -0.25) is 11.3 Å². The van der Waals surface area contributed by atoms with Crippen molar-refractivity contribution in [1.29, 1.82) is 0 Å². The van der Waals surface area contributed by atoms with E-state index in [1.165, 1.54) is 43.4 Å². The number of nitrogens with one attached hydrogen (secondary N) is 1. The molecule has 0 amide bonds. The van der Waals surface area contributed by atoms with Gasteiger partial charge in [-0.25, -0.2) is 0 Å². The maximum Gasteiger partial charge on any atom is 0.0553 e. The number of hydrogen-bond donors (Lipinski definition) is 2. The summed E-state index contributed by atoms with van der Waals surface area (Å²) in [6.07, 6.45) is 11.9. The van der Waals surface area contributed by atoms with Crippen LogP contribution < -0.4 is 11.3 Å². The van der Waals surface area contributed by atoms with Crippen molar-refractivity contribution in [2.24, 2.45) is 5.84 Å². The highest BCUT2D eigenvalue weighted by Crippen LogP contribution is 2.35. The molecule has 0 fully saturated rings. The van der Waals surface area contributed by atoms with Crippen LogP contribution in [0.2, 0.25) is 0 Å². The van der Waals surface area contributed by atoms with Gasteiger partial charge in [0.15, 0.2) is 0 Å². The number of allylic oxidation sites excluding steroid dienone is 1. The topological polar surface area (TPSA) is 38.0 Å². The van der Waals surface area contributed by atoms with Gasteiger partial charge >= 0.3 is 0 Å². The second kappa shape index (κ2) is 7.07. The van der Waals surface area contributed by atoms with Gasteiger partial charge < -0.3 is 0 Å². The van der Waals surface area contributed by atoms with E-state index in [0.717, 1.165) is 12.8 Å². The summed E-state index contributed by atoms with van der Waals surface area (Å²) in [5, 5.41) is 0. The Morgan fingerprint density at radius 3 is 3.00 bits per heavy atom. The van der Waals surface area contributed by atoms with Crippen molar-refractivity contribution < 1.29 is 0 Å². The van der Waals surface area contributed by atoms with E-state index in [1.807, 2.05) is 17.4 Å². The fourth-order valence-electron chi connectivity index (χ4n) is 2.65. The highest BCUT2D eigenvalue weighted by atomic mass is 32.1. The zero-order valence-electron chi connectivity index (χ0n) is 11.1. The molecule has 18 heavy (non-hydrogen) atoms. The largest absolute Gasteiger partial charge is 0.271 e. The minimum absolute atomic E-state index is 0.351. The van der Waals surface area contributed by atoms with Crippen molar-refractivity contribution in [3.05, 3.63) is 34.0 Å². The standard InChI is InChI=1S/C15H24N2S/c1-2-3-4-5-6-9-13(17-16)15-11-12-8-7-10-14(12)18-15/h2,11,13,17H,1,3-10,16H2.